The van der Waals surface area contributed by atoms with Crippen LogP contribution in [0, 0.1) is 23.7 Å². The standard InChI is InChI=1S/C31H51NO2/c1-3-5-7-8-9-11-29-22-23-30(24-32-29)34-31(33)28-20-18-27(19-21-28)17-16-26-14-12-25(13-15-26)10-6-4-2/h22-28H,3-21H2,1-2H3. The molecule has 1 heterocycles. The molecule has 2 fully saturated rings. The first-order valence-corrected chi connectivity index (χ1v) is 14.8. The van der Waals surface area contributed by atoms with Crippen molar-refractivity contribution in [3.8, 4) is 5.75 Å². The molecule has 34 heavy (non-hydrogen) atoms. The van der Waals surface area contributed by atoms with E-state index in [1.165, 1.54) is 103 Å². The van der Waals surface area contributed by atoms with E-state index < -0.39 is 0 Å². The number of nitrogens with zero attached hydrogens (tertiary/aromatic N) is 1. The van der Waals surface area contributed by atoms with E-state index in [2.05, 4.69) is 18.8 Å². The van der Waals surface area contributed by atoms with Crippen molar-refractivity contribution in [2.45, 2.75) is 136 Å². The Bertz CT molecular complexity index is 669. The predicted molar refractivity (Wildman–Crippen MR) is 142 cm³/mol. The van der Waals surface area contributed by atoms with Crippen LogP contribution in [0.3, 0.4) is 0 Å². The smallest absolute Gasteiger partial charge is 0.314 e. The number of esters is 1. The van der Waals surface area contributed by atoms with Crippen LogP contribution in [0.2, 0.25) is 0 Å². The highest BCUT2D eigenvalue weighted by Gasteiger charge is 2.29. The zero-order valence-electron chi connectivity index (χ0n) is 22.2. The summed E-state index contributed by atoms with van der Waals surface area (Å²) in [6, 6.07) is 3.95. The summed E-state index contributed by atoms with van der Waals surface area (Å²) in [6.45, 7) is 4.56. The Labute approximate surface area is 209 Å². The lowest BCUT2D eigenvalue weighted by Gasteiger charge is -2.31. The van der Waals surface area contributed by atoms with Gasteiger partial charge >= 0.3 is 5.97 Å². The molecule has 0 N–H and O–H groups in total. The van der Waals surface area contributed by atoms with Crippen LogP contribution < -0.4 is 4.74 Å². The minimum absolute atomic E-state index is 0.0435. The van der Waals surface area contributed by atoms with E-state index in [4.69, 9.17) is 4.74 Å². The molecule has 2 aliphatic carbocycles. The Kier molecular flexibility index (Phi) is 12.5. The fourth-order valence-corrected chi connectivity index (χ4v) is 6.19. The third kappa shape index (κ3) is 9.70. The Balaban J connectivity index is 1.28. The largest absolute Gasteiger partial charge is 0.425 e. The molecule has 192 valence electrons. The second kappa shape index (κ2) is 15.6. The van der Waals surface area contributed by atoms with Crippen molar-refractivity contribution in [3.63, 3.8) is 0 Å². The third-order valence-electron chi connectivity index (χ3n) is 8.65. The number of aryl methyl sites for hydroxylation is 1. The fourth-order valence-electron chi connectivity index (χ4n) is 6.19. The molecule has 0 radical (unpaired) electrons. The van der Waals surface area contributed by atoms with E-state index in [1.807, 2.05) is 12.1 Å². The number of hydrogen-bond donors (Lipinski definition) is 0. The van der Waals surface area contributed by atoms with Crippen LogP contribution in [0.1, 0.15) is 135 Å². The highest BCUT2D eigenvalue weighted by molar-refractivity contribution is 5.75. The minimum Gasteiger partial charge on any atom is -0.425 e. The first-order chi connectivity index (χ1) is 16.7. The lowest BCUT2D eigenvalue weighted by molar-refractivity contribution is -0.140. The van der Waals surface area contributed by atoms with Crippen LogP contribution in [0.25, 0.3) is 0 Å². The van der Waals surface area contributed by atoms with Crippen molar-refractivity contribution < 1.29 is 9.53 Å². The minimum atomic E-state index is -0.0435. The van der Waals surface area contributed by atoms with Gasteiger partial charge in [0.15, 0.2) is 0 Å². The molecule has 0 aliphatic heterocycles. The lowest BCUT2D eigenvalue weighted by atomic mass is 9.75. The van der Waals surface area contributed by atoms with Gasteiger partial charge in [-0.3, -0.25) is 9.78 Å². The van der Waals surface area contributed by atoms with Gasteiger partial charge in [0.25, 0.3) is 0 Å². The summed E-state index contributed by atoms with van der Waals surface area (Å²) in [7, 11) is 0. The summed E-state index contributed by atoms with van der Waals surface area (Å²) in [5.41, 5.74) is 1.10. The molecule has 0 bridgehead atoms. The normalized spacial score (nSPS) is 25.2. The van der Waals surface area contributed by atoms with Gasteiger partial charge in [-0.1, -0.05) is 97.3 Å². The summed E-state index contributed by atoms with van der Waals surface area (Å²) in [6.07, 6.45) is 26.4. The fraction of sp³-hybridized carbons (Fsp3) is 0.806. The van der Waals surface area contributed by atoms with Crippen molar-refractivity contribution in [1.82, 2.24) is 4.98 Å². The third-order valence-corrected chi connectivity index (χ3v) is 8.65. The van der Waals surface area contributed by atoms with Gasteiger partial charge < -0.3 is 4.74 Å². The SMILES string of the molecule is CCCCCCCc1ccc(OC(=O)C2CCC(CCC3CCC(CCCC)CC3)CC2)cn1. The van der Waals surface area contributed by atoms with Crippen molar-refractivity contribution in [2.75, 3.05) is 0 Å². The Hall–Kier alpha value is -1.38. The molecule has 3 nitrogen and oxygen atoms in total. The second-order valence-corrected chi connectivity index (χ2v) is 11.4. The van der Waals surface area contributed by atoms with Gasteiger partial charge in [-0.25, -0.2) is 0 Å². The topological polar surface area (TPSA) is 39.2 Å². The summed E-state index contributed by atoms with van der Waals surface area (Å²) in [5.74, 6) is 3.44. The molecule has 0 spiro atoms. The maximum atomic E-state index is 12.7. The lowest BCUT2D eigenvalue weighted by Crippen LogP contribution is -2.26. The number of aromatic nitrogens is 1. The number of ether oxygens (including phenoxy) is 1. The summed E-state index contributed by atoms with van der Waals surface area (Å²) < 4.78 is 5.69. The molecular formula is C31H51NO2. The Morgan fingerprint density at radius 1 is 0.765 bits per heavy atom. The van der Waals surface area contributed by atoms with Gasteiger partial charge in [-0.15, -0.1) is 0 Å². The van der Waals surface area contributed by atoms with Gasteiger partial charge in [0.05, 0.1) is 12.1 Å². The molecule has 0 amide bonds. The molecule has 0 atom stereocenters. The average Bonchev–Trinajstić information content (AvgIpc) is 2.88. The number of carbonyl (C=O) groups excluding carboxylic acids is 1. The number of unbranched alkanes of at least 4 members (excludes halogenated alkanes) is 5. The van der Waals surface area contributed by atoms with Gasteiger partial charge in [0, 0.05) is 5.69 Å². The molecule has 0 aromatic carbocycles. The van der Waals surface area contributed by atoms with Crippen LogP contribution in [-0.2, 0) is 11.2 Å². The van der Waals surface area contributed by atoms with Crippen LogP contribution >= 0.6 is 0 Å². The van der Waals surface area contributed by atoms with Gasteiger partial charge in [0.2, 0.25) is 0 Å². The highest BCUT2D eigenvalue weighted by Crippen LogP contribution is 2.38. The van der Waals surface area contributed by atoms with Crippen LogP contribution in [0.15, 0.2) is 18.3 Å². The summed E-state index contributed by atoms with van der Waals surface area (Å²) in [5, 5.41) is 0. The first kappa shape index (κ1) is 27.2. The van der Waals surface area contributed by atoms with E-state index >= 15 is 0 Å². The molecule has 2 aliphatic rings. The van der Waals surface area contributed by atoms with Gasteiger partial charge in [0.1, 0.15) is 5.75 Å². The molecule has 3 rings (SSSR count). The Morgan fingerprint density at radius 3 is 1.94 bits per heavy atom. The Morgan fingerprint density at radius 2 is 1.35 bits per heavy atom. The van der Waals surface area contributed by atoms with Crippen LogP contribution in [0.4, 0.5) is 0 Å². The number of pyridine rings is 1. The van der Waals surface area contributed by atoms with Gasteiger partial charge in [-0.05, 0) is 68.4 Å². The molecular weight excluding hydrogens is 418 g/mol. The average molecular weight is 470 g/mol. The predicted octanol–water partition coefficient (Wildman–Crippen LogP) is 9.08. The maximum Gasteiger partial charge on any atom is 0.314 e. The van der Waals surface area contributed by atoms with Crippen molar-refractivity contribution in [1.29, 1.82) is 0 Å². The second-order valence-electron chi connectivity index (χ2n) is 11.4. The number of carbonyl (C=O) groups is 1. The zero-order valence-corrected chi connectivity index (χ0v) is 22.2. The number of rotatable bonds is 14. The monoisotopic (exact) mass is 469 g/mol. The molecule has 1 aromatic heterocycles. The van der Waals surface area contributed by atoms with E-state index in [0.717, 1.165) is 42.7 Å². The van der Waals surface area contributed by atoms with E-state index in [0.29, 0.717) is 5.75 Å². The van der Waals surface area contributed by atoms with Crippen LogP contribution in [-0.4, -0.2) is 11.0 Å². The molecule has 3 heteroatoms. The van der Waals surface area contributed by atoms with Crippen LogP contribution in [0.5, 0.6) is 5.75 Å². The molecule has 0 saturated heterocycles. The van der Waals surface area contributed by atoms with Gasteiger partial charge in [-0.2, -0.15) is 0 Å². The number of hydrogen-bond acceptors (Lipinski definition) is 3. The molecule has 1 aromatic rings. The van der Waals surface area contributed by atoms with Crippen molar-refractivity contribution >= 4 is 5.97 Å². The van der Waals surface area contributed by atoms with E-state index in [1.54, 1.807) is 6.20 Å². The summed E-state index contributed by atoms with van der Waals surface area (Å²) in [4.78, 5) is 17.2. The van der Waals surface area contributed by atoms with Crippen molar-refractivity contribution in [3.05, 3.63) is 24.0 Å². The molecule has 0 unspecified atom stereocenters. The zero-order chi connectivity index (χ0) is 24.0. The quantitative estimate of drug-likeness (QED) is 0.201. The molecule has 2 saturated carbocycles. The van der Waals surface area contributed by atoms with E-state index in [-0.39, 0.29) is 11.9 Å². The summed E-state index contributed by atoms with van der Waals surface area (Å²) >= 11 is 0. The first-order valence-electron chi connectivity index (χ1n) is 14.8. The van der Waals surface area contributed by atoms with Crippen molar-refractivity contribution in [2.24, 2.45) is 23.7 Å². The highest BCUT2D eigenvalue weighted by atomic mass is 16.5. The maximum absolute atomic E-state index is 12.7. The van der Waals surface area contributed by atoms with E-state index in [9.17, 15) is 4.79 Å².